The summed E-state index contributed by atoms with van der Waals surface area (Å²) in [6.07, 6.45) is -7.08. The Hall–Kier alpha value is -2.34. The summed E-state index contributed by atoms with van der Waals surface area (Å²) in [5, 5.41) is 3.66. The van der Waals surface area contributed by atoms with Crippen molar-refractivity contribution in [1.29, 1.82) is 0 Å². The van der Waals surface area contributed by atoms with Crippen LogP contribution in [0.2, 0.25) is 0 Å². The lowest BCUT2D eigenvalue weighted by Gasteiger charge is -2.31. The van der Waals surface area contributed by atoms with Gasteiger partial charge in [-0.25, -0.2) is 0 Å². The number of oxime groups is 1. The van der Waals surface area contributed by atoms with Crippen molar-refractivity contribution in [3.8, 4) is 0 Å². The van der Waals surface area contributed by atoms with Crippen LogP contribution in [-0.4, -0.2) is 23.6 Å². The fourth-order valence-electron chi connectivity index (χ4n) is 4.09. The number of alkyl halides is 3. The third-order valence-corrected chi connectivity index (χ3v) is 5.90. The molecule has 0 amide bonds. The molecule has 4 rings (SSSR count). The van der Waals surface area contributed by atoms with Gasteiger partial charge in [-0.05, 0) is 91.3 Å². The maximum absolute atomic E-state index is 14.1. The van der Waals surface area contributed by atoms with Crippen molar-refractivity contribution >= 4 is 5.71 Å². The number of nitrogens with zero attached hydrogens (tertiary/aromatic N) is 2. The van der Waals surface area contributed by atoms with Crippen molar-refractivity contribution in [1.82, 2.24) is 4.90 Å². The summed E-state index contributed by atoms with van der Waals surface area (Å²) >= 11 is 0. The van der Waals surface area contributed by atoms with Crippen LogP contribution in [0.3, 0.4) is 0 Å². The zero-order chi connectivity index (χ0) is 36.3. The minimum atomic E-state index is -4.78. The van der Waals surface area contributed by atoms with E-state index in [1.165, 1.54) is 12.1 Å². The SMILES string of the molecule is [2H]C1C([2H])([2H])N(Cc2ccc(/C(=N/OCc3ccc(C4([2H])CCCCC4)c(C(F)(F)F)c3)C([2H])([2H])[2H])cc2C([2H])([2H])C([2H])([2H])[2H])C1([2H])[2H]. The Bertz CT molecular complexity index is 1520. The molecule has 0 spiro atoms. The van der Waals surface area contributed by atoms with E-state index in [2.05, 4.69) is 5.16 Å². The predicted molar refractivity (Wildman–Crippen MR) is 130 cm³/mol. The van der Waals surface area contributed by atoms with E-state index >= 15 is 0 Å². The van der Waals surface area contributed by atoms with E-state index in [1.807, 2.05) is 0 Å². The number of likely N-dealkylation sites (tertiary alicyclic amines) is 1. The summed E-state index contributed by atoms with van der Waals surface area (Å²) in [5.41, 5.74) is -3.06. The fourth-order valence-corrected chi connectivity index (χ4v) is 4.09. The van der Waals surface area contributed by atoms with Crippen LogP contribution in [0.25, 0.3) is 0 Å². The van der Waals surface area contributed by atoms with Gasteiger partial charge in [0, 0.05) is 25.7 Å². The van der Waals surface area contributed by atoms with Gasteiger partial charge in [-0.3, -0.25) is 4.90 Å². The lowest BCUT2D eigenvalue weighted by molar-refractivity contribution is -0.138. The number of aryl methyl sites for hydroxylation is 1. The van der Waals surface area contributed by atoms with Gasteiger partial charge in [0.05, 0.1) is 11.3 Å². The summed E-state index contributed by atoms with van der Waals surface area (Å²) in [4.78, 5) is 5.83. The molecule has 1 heterocycles. The molecule has 2 aromatic rings. The second kappa shape index (κ2) is 10.9. The van der Waals surface area contributed by atoms with Crippen LogP contribution in [0.15, 0.2) is 41.6 Å². The average molecular weight is 487 g/mol. The first-order valence-electron chi connectivity index (χ1n) is 18.1. The number of rotatable bonds is 8. The molecule has 1 saturated heterocycles. The monoisotopic (exact) mass is 486 g/mol. The van der Waals surface area contributed by atoms with E-state index < -0.39 is 81.5 Å². The Morgan fingerprint density at radius 3 is 2.74 bits per heavy atom. The highest BCUT2D eigenvalue weighted by Crippen LogP contribution is 2.41. The molecule has 1 saturated carbocycles. The molecule has 6 heteroatoms. The van der Waals surface area contributed by atoms with Gasteiger partial charge < -0.3 is 4.84 Å². The second-order valence-corrected chi connectivity index (χ2v) is 8.24. The zero-order valence-electron chi connectivity index (χ0n) is 32.4. The maximum Gasteiger partial charge on any atom is 0.416 e. The standard InChI is InChI=1S/C28H35F3N2O/c1-3-22-17-24(11-12-25(22)18-33-14-7-15-33)20(2)32-34-19-21-10-13-26(23-8-5-4-6-9-23)27(16-21)28(29,30)31/h10-13,16-17,23H,3-9,14-15,18-19H2,1-2H3/b32-20+/i1D3,2D3,3D2,7D,14D2,15D2,23D. The highest BCUT2D eigenvalue weighted by Gasteiger charge is 2.35. The van der Waals surface area contributed by atoms with Gasteiger partial charge in [0.1, 0.15) is 6.61 Å². The predicted octanol–water partition coefficient (Wildman–Crippen LogP) is 7.46. The molecule has 0 unspecified atom stereocenters. The minimum absolute atomic E-state index is 0.0142. The van der Waals surface area contributed by atoms with Crippen LogP contribution in [0.1, 0.15) is 111 Å². The largest absolute Gasteiger partial charge is 0.416 e. The third kappa shape index (κ3) is 6.01. The van der Waals surface area contributed by atoms with Crippen molar-refractivity contribution in [2.75, 3.05) is 13.0 Å². The van der Waals surface area contributed by atoms with Gasteiger partial charge in [-0.2, -0.15) is 13.2 Å². The molecule has 2 fully saturated rings. The van der Waals surface area contributed by atoms with E-state index in [4.69, 9.17) is 24.0 Å². The lowest BCUT2D eigenvalue weighted by atomic mass is 9.81. The van der Waals surface area contributed by atoms with Gasteiger partial charge >= 0.3 is 6.18 Å². The molecule has 1 aliphatic heterocycles. The minimum Gasteiger partial charge on any atom is -0.391 e. The summed E-state index contributed by atoms with van der Waals surface area (Å²) in [6.45, 7) is -12.6. The summed E-state index contributed by atoms with van der Waals surface area (Å²) in [7, 11) is 0. The first-order valence-corrected chi connectivity index (χ1v) is 11.0. The molecule has 184 valence electrons. The topological polar surface area (TPSA) is 24.8 Å². The van der Waals surface area contributed by atoms with Crippen LogP contribution in [-0.2, 0) is 30.5 Å². The number of benzene rings is 2. The van der Waals surface area contributed by atoms with Gasteiger partial charge in [0.25, 0.3) is 0 Å². The number of halogens is 3. The molecule has 0 radical (unpaired) electrons. The van der Waals surface area contributed by atoms with Crippen molar-refractivity contribution in [3.05, 3.63) is 69.8 Å². The van der Waals surface area contributed by atoms with Crippen LogP contribution in [0.5, 0.6) is 0 Å². The average Bonchev–Trinajstić information content (AvgIpc) is 2.96. The molecule has 1 aliphatic carbocycles. The molecule has 2 aromatic carbocycles. The molecular formula is C28H35F3N2O. The van der Waals surface area contributed by atoms with E-state index in [1.54, 1.807) is 0 Å². The normalized spacial score (nSPS) is 29.8. The van der Waals surface area contributed by atoms with Crippen LogP contribution < -0.4 is 0 Å². The van der Waals surface area contributed by atoms with Gasteiger partial charge in [0.15, 0.2) is 0 Å². The smallest absolute Gasteiger partial charge is 0.391 e. The van der Waals surface area contributed by atoms with Gasteiger partial charge in [0.2, 0.25) is 0 Å². The highest BCUT2D eigenvalue weighted by molar-refractivity contribution is 5.98. The Labute approximate surface area is 220 Å². The Morgan fingerprint density at radius 1 is 1.18 bits per heavy atom. The van der Waals surface area contributed by atoms with Crippen LogP contribution in [0, 0.1) is 0 Å². The molecule has 3 nitrogen and oxygen atoms in total. The van der Waals surface area contributed by atoms with E-state index in [0.717, 1.165) is 30.7 Å². The lowest BCUT2D eigenvalue weighted by Crippen LogP contribution is -2.36. The number of hydrogen-bond acceptors (Lipinski definition) is 3. The van der Waals surface area contributed by atoms with Gasteiger partial charge in [-0.1, -0.05) is 55.5 Å². The quantitative estimate of drug-likeness (QED) is 0.286. The first kappa shape index (κ1) is 12.6. The molecule has 0 atom stereocenters. The van der Waals surface area contributed by atoms with Crippen LogP contribution >= 0.6 is 0 Å². The van der Waals surface area contributed by atoms with Crippen molar-refractivity contribution in [2.45, 2.75) is 83.8 Å². The summed E-state index contributed by atoms with van der Waals surface area (Å²) in [5.74, 6) is -1.40. The highest BCUT2D eigenvalue weighted by atomic mass is 19.4. The van der Waals surface area contributed by atoms with Crippen molar-refractivity contribution in [2.24, 2.45) is 5.16 Å². The van der Waals surface area contributed by atoms with E-state index in [0.29, 0.717) is 17.7 Å². The summed E-state index contributed by atoms with van der Waals surface area (Å²) < 4.78 is 155. The van der Waals surface area contributed by atoms with Crippen LogP contribution in [0.4, 0.5) is 13.2 Å². The number of hydrogen-bond donors (Lipinski definition) is 0. The summed E-state index contributed by atoms with van der Waals surface area (Å²) in [6, 6.07) is 6.51. The van der Waals surface area contributed by atoms with E-state index in [-0.39, 0.29) is 35.1 Å². The molecule has 0 bridgehead atoms. The first-order chi connectivity index (χ1) is 21.7. The van der Waals surface area contributed by atoms with Gasteiger partial charge in [-0.15, -0.1) is 0 Å². The second-order valence-electron chi connectivity index (χ2n) is 8.24. The Kier molecular flexibility index (Phi) is 4.04. The van der Waals surface area contributed by atoms with E-state index in [9.17, 15) is 13.2 Å². The van der Waals surface area contributed by atoms with Crippen molar-refractivity contribution < 1.29 is 37.2 Å². The van der Waals surface area contributed by atoms with Crippen molar-refractivity contribution in [3.63, 3.8) is 0 Å². The molecule has 0 N–H and O–H groups in total. The fraction of sp³-hybridized carbons (Fsp3) is 0.536. The Morgan fingerprint density at radius 2 is 2.00 bits per heavy atom. The maximum atomic E-state index is 14.1. The molecular weight excluding hydrogens is 437 g/mol. The Balaban J connectivity index is 1.70. The molecule has 0 aromatic heterocycles. The molecule has 34 heavy (non-hydrogen) atoms. The molecule has 2 aliphatic rings. The third-order valence-electron chi connectivity index (χ3n) is 5.90. The zero-order valence-corrected chi connectivity index (χ0v) is 18.4.